The first-order valence-electron chi connectivity index (χ1n) is 7.37. The van der Waals surface area contributed by atoms with Crippen molar-refractivity contribution in [2.75, 3.05) is 6.54 Å². The fourth-order valence-electron chi connectivity index (χ4n) is 2.23. The zero-order valence-corrected chi connectivity index (χ0v) is 13.4. The van der Waals surface area contributed by atoms with Crippen molar-refractivity contribution in [3.63, 3.8) is 0 Å². The van der Waals surface area contributed by atoms with E-state index in [1.165, 1.54) is 0 Å². The summed E-state index contributed by atoms with van der Waals surface area (Å²) in [7, 11) is 0. The van der Waals surface area contributed by atoms with Crippen LogP contribution in [0.2, 0.25) is 0 Å². The van der Waals surface area contributed by atoms with E-state index in [0.29, 0.717) is 24.4 Å². The quantitative estimate of drug-likeness (QED) is 0.887. The molecule has 0 radical (unpaired) electrons. The SMILES string of the molecule is Cc1cc(CCNC(=O)c2cn(C(C)C)nn2)cc(C)c1O. The Hall–Kier alpha value is -2.37. The average molecular weight is 302 g/mol. The van der Waals surface area contributed by atoms with E-state index in [2.05, 4.69) is 15.6 Å². The molecule has 2 N–H and O–H groups in total. The highest BCUT2D eigenvalue weighted by molar-refractivity contribution is 5.91. The molecule has 1 aromatic heterocycles. The molecule has 0 saturated carbocycles. The Morgan fingerprint density at radius 3 is 2.50 bits per heavy atom. The molecule has 22 heavy (non-hydrogen) atoms. The number of amides is 1. The molecule has 6 heteroatoms. The standard InChI is InChI=1S/C16H22N4O2/c1-10(2)20-9-14(18-19-20)16(22)17-6-5-13-7-11(3)15(21)12(4)8-13/h7-10,21H,5-6H2,1-4H3,(H,17,22). The summed E-state index contributed by atoms with van der Waals surface area (Å²) >= 11 is 0. The number of hydrogen-bond donors (Lipinski definition) is 2. The molecule has 6 nitrogen and oxygen atoms in total. The highest BCUT2D eigenvalue weighted by Crippen LogP contribution is 2.22. The first-order chi connectivity index (χ1) is 10.4. The molecule has 1 heterocycles. The number of rotatable bonds is 5. The molecule has 0 aliphatic heterocycles. The van der Waals surface area contributed by atoms with Crippen LogP contribution in [0.25, 0.3) is 0 Å². The van der Waals surface area contributed by atoms with Crippen LogP contribution in [0.15, 0.2) is 18.3 Å². The molecule has 0 atom stereocenters. The van der Waals surface area contributed by atoms with Crippen LogP contribution in [-0.4, -0.2) is 32.6 Å². The Kier molecular flexibility index (Phi) is 4.80. The van der Waals surface area contributed by atoms with Crippen LogP contribution in [0.3, 0.4) is 0 Å². The number of carbonyl (C=O) groups is 1. The molecule has 118 valence electrons. The van der Waals surface area contributed by atoms with Gasteiger partial charge in [0, 0.05) is 12.6 Å². The molecule has 1 amide bonds. The Morgan fingerprint density at radius 2 is 1.95 bits per heavy atom. The van der Waals surface area contributed by atoms with Gasteiger partial charge in [0.15, 0.2) is 5.69 Å². The summed E-state index contributed by atoms with van der Waals surface area (Å²) in [6.07, 6.45) is 2.35. The van der Waals surface area contributed by atoms with Gasteiger partial charge in [0.25, 0.3) is 5.91 Å². The lowest BCUT2D eigenvalue weighted by atomic mass is 10.0. The second kappa shape index (κ2) is 6.60. The molecule has 0 fully saturated rings. The Bertz CT molecular complexity index is 654. The number of phenols is 1. The molecule has 0 saturated heterocycles. The van der Waals surface area contributed by atoms with Crippen molar-refractivity contribution in [1.29, 1.82) is 0 Å². The molecule has 0 aliphatic rings. The Morgan fingerprint density at radius 1 is 1.32 bits per heavy atom. The largest absolute Gasteiger partial charge is 0.507 e. The summed E-state index contributed by atoms with van der Waals surface area (Å²) in [4.78, 5) is 12.0. The van der Waals surface area contributed by atoms with Crippen LogP contribution in [0.5, 0.6) is 5.75 Å². The summed E-state index contributed by atoms with van der Waals surface area (Å²) in [5.74, 6) is 0.109. The van der Waals surface area contributed by atoms with E-state index in [1.54, 1.807) is 10.9 Å². The predicted molar refractivity (Wildman–Crippen MR) is 84.0 cm³/mol. The van der Waals surface area contributed by atoms with Crippen LogP contribution in [0, 0.1) is 13.8 Å². The van der Waals surface area contributed by atoms with Crippen LogP contribution < -0.4 is 5.32 Å². The monoisotopic (exact) mass is 302 g/mol. The number of phenolic OH excluding ortho intramolecular Hbond substituents is 1. The van der Waals surface area contributed by atoms with E-state index >= 15 is 0 Å². The molecule has 2 rings (SSSR count). The van der Waals surface area contributed by atoms with E-state index in [0.717, 1.165) is 16.7 Å². The highest BCUT2D eigenvalue weighted by Gasteiger charge is 2.11. The maximum absolute atomic E-state index is 12.0. The summed E-state index contributed by atoms with van der Waals surface area (Å²) < 4.78 is 1.65. The smallest absolute Gasteiger partial charge is 0.273 e. The van der Waals surface area contributed by atoms with Crippen molar-refractivity contribution >= 4 is 5.91 Å². The molecule has 0 bridgehead atoms. The van der Waals surface area contributed by atoms with E-state index < -0.39 is 0 Å². The van der Waals surface area contributed by atoms with Crippen LogP contribution in [0.4, 0.5) is 0 Å². The second-order valence-corrected chi connectivity index (χ2v) is 5.76. The van der Waals surface area contributed by atoms with Gasteiger partial charge in [-0.15, -0.1) is 5.10 Å². The van der Waals surface area contributed by atoms with Gasteiger partial charge in [-0.2, -0.15) is 0 Å². The normalized spacial score (nSPS) is 11.0. The average Bonchev–Trinajstić information content (AvgIpc) is 2.94. The van der Waals surface area contributed by atoms with Crippen molar-refractivity contribution in [2.24, 2.45) is 0 Å². The van der Waals surface area contributed by atoms with E-state index in [-0.39, 0.29) is 11.9 Å². The second-order valence-electron chi connectivity index (χ2n) is 5.76. The third kappa shape index (κ3) is 3.63. The maximum atomic E-state index is 12.0. The number of aromatic hydroxyl groups is 1. The lowest BCUT2D eigenvalue weighted by Crippen LogP contribution is -2.26. The molecular formula is C16H22N4O2. The van der Waals surface area contributed by atoms with Gasteiger partial charge in [-0.1, -0.05) is 17.3 Å². The zero-order chi connectivity index (χ0) is 16.3. The lowest BCUT2D eigenvalue weighted by Gasteiger charge is -2.08. The minimum Gasteiger partial charge on any atom is -0.507 e. The third-order valence-electron chi connectivity index (χ3n) is 3.52. The number of nitrogens with one attached hydrogen (secondary N) is 1. The van der Waals surface area contributed by atoms with Gasteiger partial charge in [-0.3, -0.25) is 4.79 Å². The number of aryl methyl sites for hydroxylation is 2. The molecule has 2 aromatic rings. The van der Waals surface area contributed by atoms with Gasteiger partial charge < -0.3 is 10.4 Å². The minimum atomic E-state index is -0.223. The van der Waals surface area contributed by atoms with Crippen molar-refractivity contribution in [1.82, 2.24) is 20.3 Å². The van der Waals surface area contributed by atoms with Gasteiger partial charge >= 0.3 is 0 Å². The summed E-state index contributed by atoms with van der Waals surface area (Å²) in [6, 6.07) is 4.05. The van der Waals surface area contributed by atoms with Gasteiger partial charge in [-0.05, 0) is 50.8 Å². The summed E-state index contributed by atoms with van der Waals surface area (Å²) in [5.41, 5.74) is 3.10. The van der Waals surface area contributed by atoms with Crippen LogP contribution in [-0.2, 0) is 6.42 Å². The number of nitrogens with zero attached hydrogens (tertiary/aromatic N) is 3. The van der Waals surface area contributed by atoms with Crippen LogP contribution in [0.1, 0.15) is 47.1 Å². The Labute approximate surface area is 130 Å². The predicted octanol–water partition coefficient (Wildman–Crippen LogP) is 2.15. The van der Waals surface area contributed by atoms with Gasteiger partial charge in [0.2, 0.25) is 0 Å². The Balaban J connectivity index is 1.91. The van der Waals surface area contributed by atoms with E-state index in [9.17, 15) is 9.90 Å². The summed E-state index contributed by atoms with van der Waals surface area (Å²) in [5, 5.41) is 20.4. The van der Waals surface area contributed by atoms with Crippen molar-refractivity contribution in [3.8, 4) is 5.75 Å². The first kappa shape index (κ1) is 16.0. The first-order valence-corrected chi connectivity index (χ1v) is 7.37. The highest BCUT2D eigenvalue weighted by atomic mass is 16.3. The number of carbonyl (C=O) groups excluding carboxylic acids is 1. The minimum absolute atomic E-state index is 0.178. The van der Waals surface area contributed by atoms with E-state index in [1.807, 2.05) is 39.8 Å². The lowest BCUT2D eigenvalue weighted by molar-refractivity contribution is 0.0949. The van der Waals surface area contributed by atoms with Crippen molar-refractivity contribution in [3.05, 3.63) is 40.7 Å². The molecule has 0 aliphatic carbocycles. The van der Waals surface area contributed by atoms with Crippen molar-refractivity contribution in [2.45, 2.75) is 40.2 Å². The molecular weight excluding hydrogens is 280 g/mol. The maximum Gasteiger partial charge on any atom is 0.273 e. The fourth-order valence-corrected chi connectivity index (χ4v) is 2.23. The van der Waals surface area contributed by atoms with Gasteiger partial charge in [-0.25, -0.2) is 4.68 Å². The topological polar surface area (TPSA) is 80.0 Å². The van der Waals surface area contributed by atoms with Gasteiger partial charge in [0.1, 0.15) is 5.75 Å². The van der Waals surface area contributed by atoms with Crippen molar-refractivity contribution < 1.29 is 9.90 Å². The summed E-state index contributed by atoms with van der Waals surface area (Å²) in [6.45, 7) is 8.21. The third-order valence-corrected chi connectivity index (χ3v) is 3.52. The number of aromatic nitrogens is 3. The number of hydrogen-bond acceptors (Lipinski definition) is 4. The molecule has 0 unspecified atom stereocenters. The van der Waals surface area contributed by atoms with Crippen LogP contribution >= 0.6 is 0 Å². The molecule has 1 aromatic carbocycles. The number of benzene rings is 1. The fraction of sp³-hybridized carbons (Fsp3) is 0.438. The molecule has 0 spiro atoms. The van der Waals surface area contributed by atoms with Gasteiger partial charge in [0.05, 0.1) is 6.20 Å². The van der Waals surface area contributed by atoms with E-state index in [4.69, 9.17) is 0 Å². The zero-order valence-electron chi connectivity index (χ0n) is 13.4.